The summed E-state index contributed by atoms with van der Waals surface area (Å²) in [5.41, 5.74) is 7.11. The molecule has 4 rings (SSSR count). The summed E-state index contributed by atoms with van der Waals surface area (Å²) in [7, 11) is 1.43. The molecule has 1 aliphatic rings. The fraction of sp³-hybridized carbons (Fsp3) is 0.350. The molecule has 0 atom stereocenters. The van der Waals surface area contributed by atoms with E-state index in [1.54, 1.807) is 24.3 Å². The van der Waals surface area contributed by atoms with Crippen molar-refractivity contribution in [1.29, 1.82) is 0 Å². The largest absolute Gasteiger partial charge is 0.468 e. The number of ether oxygens (including phenoxy) is 2. The third-order valence-electron chi connectivity index (χ3n) is 5.14. The Morgan fingerprint density at radius 1 is 1.29 bits per heavy atom. The Morgan fingerprint density at radius 3 is 2.64 bits per heavy atom. The number of nitrogens with zero attached hydrogens (tertiary/aromatic N) is 2. The van der Waals surface area contributed by atoms with E-state index in [4.69, 9.17) is 26.8 Å². The average Bonchev–Trinajstić information content (AvgIpc) is 3.38. The van der Waals surface area contributed by atoms with Crippen molar-refractivity contribution in [1.82, 2.24) is 9.55 Å². The first-order valence-corrected chi connectivity index (χ1v) is 9.38. The number of anilines is 1. The minimum Gasteiger partial charge on any atom is -0.468 e. The summed E-state index contributed by atoms with van der Waals surface area (Å²) in [5.74, 6) is 0.980. The van der Waals surface area contributed by atoms with Crippen LogP contribution < -0.4 is 15.2 Å². The summed E-state index contributed by atoms with van der Waals surface area (Å²) in [6.07, 6.45) is -1.08. The van der Waals surface area contributed by atoms with Crippen molar-refractivity contribution in [2.24, 2.45) is 0 Å². The standard InChI is InChI=1S/C20H20ClF2N3O2/c1-3-11-8-12(24)9-14(21)17(11)28-13-4-5-15-16(10-13)26(19(25-15)27-2)20(6-7-20)18(22)23/h4-5,8-10,18H,3,6-7,24H2,1-2H3. The van der Waals surface area contributed by atoms with Gasteiger partial charge >= 0.3 is 0 Å². The van der Waals surface area contributed by atoms with Gasteiger partial charge in [0.1, 0.15) is 17.0 Å². The van der Waals surface area contributed by atoms with Crippen LogP contribution in [0, 0.1) is 0 Å². The zero-order valence-electron chi connectivity index (χ0n) is 15.5. The van der Waals surface area contributed by atoms with Crippen LogP contribution in [0.15, 0.2) is 30.3 Å². The highest BCUT2D eigenvalue weighted by molar-refractivity contribution is 6.32. The summed E-state index contributed by atoms with van der Waals surface area (Å²) in [6.45, 7) is 1.97. The Balaban J connectivity index is 1.81. The molecule has 0 amide bonds. The van der Waals surface area contributed by atoms with E-state index in [-0.39, 0.29) is 6.01 Å². The number of hydrogen-bond acceptors (Lipinski definition) is 4. The third kappa shape index (κ3) is 2.94. The molecule has 0 saturated heterocycles. The van der Waals surface area contributed by atoms with Crippen molar-refractivity contribution in [3.05, 3.63) is 40.9 Å². The molecule has 0 bridgehead atoms. The second-order valence-corrected chi connectivity index (χ2v) is 7.34. The molecular formula is C20H20ClF2N3O2. The normalized spacial score (nSPS) is 15.2. The van der Waals surface area contributed by atoms with Crippen LogP contribution in [0.5, 0.6) is 17.5 Å². The molecule has 2 aromatic carbocycles. The number of alkyl halides is 2. The highest BCUT2D eigenvalue weighted by Crippen LogP contribution is 2.52. The maximum absolute atomic E-state index is 13.8. The number of methoxy groups -OCH3 is 1. The number of nitrogen functional groups attached to an aromatic ring is 1. The molecule has 0 aliphatic heterocycles. The van der Waals surface area contributed by atoms with Gasteiger partial charge in [0.25, 0.3) is 12.4 Å². The van der Waals surface area contributed by atoms with Gasteiger partial charge in [-0.05, 0) is 49.1 Å². The molecule has 0 unspecified atom stereocenters. The number of imidazole rings is 1. The Bertz CT molecular complexity index is 1050. The highest BCUT2D eigenvalue weighted by atomic mass is 35.5. The van der Waals surface area contributed by atoms with Crippen LogP contribution in [-0.2, 0) is 12.0 Å². The van der Waals surface area contributed by atoms with Crippen molar-refractivity contribution in [3.63, 3.8) is 0 Å². The van der Waals surface area contributed by atoms with E-state index < -0.39 is 12.0 Å². The summed E-state index contributed by atoms with van der Waals surface area (Å²) < 4.78 is 40.3. The van der Waals surface area contributed by atoms with Crippen LogP contribution in [-0.4, -0.2) is 23.1 Å². The van der Waals surface area contributed by atoms with E-state index in [0.717, 1.165) is 5.56 Å². The Kier molecular flexibility index (Phi) is 4.57. The number of aromatic nitrogens is 2. The molecule has 5 nitrogen and oxygen atoms in total. The van der Waals surface area contributed by atoms with Crippen LogP contribution >= 0.6 is 11.6 Å². The zero-order valence-corrected chi connectivity index (χ0v) is 16.3. The molecule has 1 aromatic heterocycles. The summed E-state index contributed by atoms with van der Waals surface area (Å²) >= 11 is 6.32. The third-order valence-corrected chi connectivity index (χ3v) is 5.42. The van der Waals surface area contributed by atoms with E-state index in [2.05, 4.69) is 4.98 Å². The molecule has 1 aliphatic carbocycles. The van der Waals surface area contributed by atoms with Gasteiger partial charge in [-0.25, -0.2) is 8.78 Å². The molecule has 3 aromatic rings. The van der Waals surface area contributed by atoms with Gasteiger partial charge < -0.3 is 15.2 Å². The van der Waals surface area contributed by atoms with E-state index in [1.807, 2.05) is 13.0 Å². The lowest BCUT2D eigenvalue weighted by molar-refractivity contribution is 0.0646. The summed E-state index contributed by atoms with van der Waals surface area (Å²) in [4.78, 5) is 4.34. The molecule has 0 radical (unpaired) electrons. The van der Waals surface area contributed by atoms with Gasteiger partial charge in [0.05, 0.1) is 23.2 Å². The molecule has 28 heavy (non-hydrogen) atoms. The number of rotatable bonds is 6. The first-order valence-electron chi connectivity index (χ1n) is 9.00. The smallest absolute Gasteiger partial charge is 0.297 e. The van der Waals surface area contributed by atoms with Gasteiger partial charge in [-0.1, -0.05) is 18.5 Å². The van der Waals surface area contributed by atoms with Crippen molar-refractivity contribution in [2.45, 2.75) is 38.2 Å². The highest BCUT2D eigenvalue weighted by Gasteiger charge is 2.55. The molecule has 1 saturated carbocycles. The molecule has 148 valence electrons. The van der Waals surface area contributed by atoms with Gasteiger partial charge in [0.2, 0.25) is 0 Å². The van der Waals surface area contributed by atoms with E-state index in [9.17, 15) is 8.78 Å². The fourth-order valence-corrected chi connectivity index (χ4v) is 3.79. The Morgan fingerprint density at radius 2 is 2.04 bits per heavy atom. The number of fused-ring (bicyclic) bond motifs is 1. The molecule has 1 fully saturated rings. The van der Waals surface area contributed by atoms with Gasteiger partial charge in [-0.2, -0.15) is 4.98 Å². The fourth-order valence-electron chi connectivity index (χ4n) is 3.50. The monoisotopic (exact) mass is 407 g/mol. The first-order chi connectivity index (χ1) is 13.4. The number of aryl methyl sites for hydroxylation is 1. The predicted octanol–water partition coefficient (Wildman–Crippen LogP) is 5.39. The Hall–Kier alpha value is -2.54. The van der Waals surface area contributed by atoms with Crippen LogP contribution in [0.4, 0.5) is 14.5 Å². The predicted molar refractivity (Wildman–Crippen MR) is 105 cm³/mol. The lowest BCUT2D eigenvalue weighted by Crippen LogP contribution is -2.26. The second-order valence-electron chi connectivity index (χ2n) is 6.94. The van der Waals surface area contributed by atoms with Crippen molar-refractivity contribution >= 4 is 28.3 Å². The lowest BCUT2D eigenvalue weighted by atomic mass is 10.1. The quantitative estimate of drug-likeness (QED) is 0.556. The van der Waals surface area contributed by atoms with Gasteiger partial charge in [-0.3, -0.25) is 4.57 Å². The van der Waals surface area contributed by atoms with Gasteiger partial charge in [0, 0.05) is 11.8 Å². The van der Waals surface area contributed by atoms with Crippen molar-refractivity contribution in [2.75, 3.05) is 12.8 Å². The second kappa shape index (κ2) is 6.81. The zero-order chi connectivity index (χ0) is 20.1. The van der Waals surface area contributed by atoms with Crippen LogP contribution in [0.2, 0.25) is 5.02 Å². The maximum atomic E-state index is 13.8. The summed E-state index contributed by atoms with van der Waals surface area (Å²) in [5, 5.41) is 0.397. The van der Waals surface area contributed by atoms with Crippen LogP contribution in [0.25, 0.3) is 11.0 Å². The number of hydrogen-bond donors (Lipinski definition) is 1. The summed E-state index contributed by atoms with van der Waals surface area (Å²) in [6, 6.07) is 8.75. The number of benzene rings is 2. The van der Waals surface area contributed by atoms with Gasteiger partial charge in [0.15, 0.2) is 0 Å². The SMILES string of the molecule is CCc1cc(N)cc(Cl)c1Oc1ccc2nc(OC)n(C3(C(F)F)CC3)c2c1. The minimum atomic E-state index is -2.51. The van der Waals surface area contributed by atoms with Gasteiger partial charge in [-0.15, -0.1) is 0 Å². The van der Waals surface area contributed by atoms with Crippen molar-refractivity contribution in [3.8, 4) is 17.5 Å². The van der Waals surface area contributed by atoms with Crippen LogP contribution in [0.1, 0.15) is 25.3 Å². The number of halogens is 3. The van der Waals surface area contributed by atoms with E-state index in [0.29, 0.717) is 52.5 Å². The number of nitrogens with two attached hydrogens (primary N) is 1. The average molecular weight is 408 g/mol. The van der Waals surface area contributed by atoms with Crippen LogP contribution in [0.3, 0.4) is 0 Å². The Labute approximate surface area is 166 Å². The molecular weight excluding hydrogens is 388 g/mol. The molecule has 0 spiro atoms. The van der Waals surface area contributed by atoms with E-state index in [1.165, 1.54) is 11.7 Å². The molecule has 8 heteroatoms. The topological polar surface area (TPSA) is 62.3 Å². The molecule has 2 N–H and O–H groups in total. The maximum Gasteiger partial charge on any atom is 0.297 e. The van der Waals surface area contributed by atoms with Crippen molar-refractivity contribution < 1.29 is 18.3 Å². The first kappa shape index (κ1) is 18.8. The van der Waals surface area contributed by atoms with E-state index >= 15 is 0 Å². The minimum absolute atomic E-state index is 0.171. The molecule has 1 heterocycles. The lowest BCUT2D eigenvalue weighted by Gasteiger charge is -2.19.